The highest BCUT2D eigenvalue weighted by molar-refractivity contribution is 5.72. The van der Waals surface area contributed by atoms with Crippen LogP contribution in [0.5, 0.6) is 0 Å². The van der Waals surface area contributed by atoms with Crippen molar-refractivity contribution in [2.24, 2.45) is 11.7 Å². The van der Waals surface area contributed by atoms with Crippen molar-refractivity contribution in [1.29, 1.82) is 0 Å². The molecule has 0 aromatic heterocycles. The van der Waals surface area contributed by atoms with E-state index in [2.05, 4.69) is 5.32 Å². The molecule has 3 aliphatic rings. The second kappa shape index (κ2) is 2.19. The zero-order chi connectivity index (χ0) is 8.01. The molecule has 2 saturated heterocycles. The summed E-state index contributed by atoms with van der Waals surface area (Å²) in [6.45, 7) is 0. The highest BCUT2D eigenvalue weighted by Gasteiger charge is 2.47. The maximum absolute atomic E-state index is 10.7. The first-order chi connectivity index (χ1) is 5.18. The molecule has 2 bridgehead atoms. The summed E-state index contributed by atoms with van der Waals surface area (Å²) in [5, 5.41) is 12.0. The second-order valence-corrected chi connectivity index (χ2v) is 3.47. The quantitative estimate of drug-likeness (QED) is 0.462. The maximum atomic E-state index is 10.7. The van der Waals surface area contributed by atoms with Crippen molar-refractivity contribution in [1.82, 2.24) is 5.32 Å². The Morgan fingerprint density at radius 2 is 2.18 bits per heavy atom. The molecular formula is C7H12N2O2. The Labute approximate surface area is 64.8 Å². The first kappa shape index (κ1) is 7.06. The van der Waals surface area contributed by atoms with Crippen molar-refractivity contribution in [2.45, 2.75) is 31.0 Å². The molecule has 1 saturated carbocycles. The normalized spacial score (nSPS) is 48.1. The van der Waals surface area contributed by atoms with E-state index in [1.165, 1.54) is 0 Å². The maximum Gasteiger partial charge on any atom is 0.309 e. The standard InChI is InChI=1S/C7H12N2O2/c8-4-1-3-2-5(9-3)6(4)7(10)11/h3-6,9H,1-2,8H2,(H,10,11). The van der Waals surface area contributed by atoms with Crippen LogP contribution in [0, 0.1) is 5.92 Å². The minimum absolute atomic E-state index is 0.140. The minimum atomic E-state index is -0.756. The van der Waals surface area contributed by atoms with E-state index in [9.17, 15) is 4.79 Å². The van der Waals surface area contributed by atoms with E-state index in [1.807, 2.05) is 0 Å². The van der Waals surface area contributed by atoms with E-state index in [-0.39, 0.29) is 18.0 Å². The molecule has 1 aliphatic carbocycles. The lowest BCUT2D eigenvalue weighted by atomic mass is 9.72. The van der Waals surface area contributed by atoms with Crippen LogP contribution < -0.4 is 11.1 Å². The number of hydrogen-bond acceptors (Lipinski definition) is 3. The predicted octanol–water partition coefficient (Wildman–Crippen LogP) is -0.851. The SMILES string of the molecule is NC1CC2CC(N2)C1C(=O)O. The summed E-state index contributed by atoms with van der Waals surface area (Å²) in [4.78, 5) is 10.7. The molecule has 3 rings (SSSR count). The largest absolute Gasteiger partial charge is 0.481 e. The van der Waals surface area contributed by atoms with Gasteiger partial charge in [0.1, 0.15) is 0 Å². The molecule has 3 fully saturated rings. The molecule has 4 N–H and O–H groups in total. The van der Waals surface area contributed by atoms with Gasteiger partial charge in [0, 0.05) is 18.1 Å². The lowest BCUT2D eigenvalue weighted by Crippen LogP contribution is -2.68. The molecule has 0 aromatic carbocycles. The van der Waals surface area contributed by atoms with Crippen molar-refractivity contribution >= 4 is 5.97 Å². The molecule has 11 heavy (non-hydrogen) atoms. The molecule has 0 spiro atoms. The summed E-state index contributed by atoms with van der Waals surface area (Å²) < 4.78 is 0. The van der Waals surface area contributed by atoms with Crippen LogP contribution in [-0.2, 0) is 4.79 Å². The smallest absolute Gasteiger partial charge is 0.309 e. The first-order valence-electron chi connectivity index (χ1n) is 3.93. The van der Waals surface area contributed by atoms with E-state index in [4.69, 9.17) is 10.8 Å². The third-order valence-electron chi connectivity index (χ3n) is 2.72. The topological polar surface area (TPSA) is 75.3 Å². The Kier molecular flexibility index (Phi) is 1.40. The third-order valence-corrected chi connectivity index (χ3v) is 2.72. The van der Waals surface area contributed by atoms with Crippen LogP contribution in [0.3, 0.4) is 0 Å². The highest BCUT2D eigenvalue weighted by Crippen LogP contribution is 2.32. The zero-order valence-electron chi connectivity index (χ0n) is 6.16. The van der Waals surface area contributed by atoms with Crippen molar-refractivity contribution in [3.8, 4) is 0 Å². The van der Waals surface area contributed by atoms with Crippen molar-refractivity contribution in [2.75, 3.05) is 0 Å². The summed E-state index contributed by atoms with van der Waals surface area (Å²) in [6, 6.07) is 0.490. The number of carboxylic acid groups (broad SMARTS) is 1. The number of hydrogen-bond donors (Lipinski definition) is 3. The van der Waals surface area contributed by atoms with Crippen LogP contribution in [0.1, 0.15) is 12.8 Å². The van der Waals surface area contributed by atoms with Crippen molar-refractivity contribution < 1.29 is 9.90 Å². The van der Waals surface area contributed by atoms with Crippen LogP contribution in [0.15, 0.2) is 0 Å². The molecule has 2 heterocycles. The molecule has 4 unspecified atom stereocenters. The molecule has 2 aliphatic heterocycles. The number of fused-ring (bicyclic) bond motifs is 2. The van der Waals surface area contributed by atoms with Crippen LogP contribution in [-0.4, -0.2) is 29.2 Å². The molecule has 4 atom stereocenters. The Hall–Kier alpha value is -0.610. The van der Waals surface area contributed by atoms with Gasteiger partial charge in [0.15, 0.2) is 0 Å². The third kappa shape index (κ3) is 0.937. The number of carboxylic acids is 1. The molecule has 0 amide bonds. The molecule has 4 heteroatoms. The monoisotopic (exact) mass is 156 g/mol. The van der Waals surface area contributed by atoms with Crippen molar-refractivity contribution in [3.05, 3.63) is 0 Å². The molecule has 4 nitrogen and oxygen atoms in total. The van der Waals surface area contributed by atoms with Gasteiger partial charge in [0.2, 0.25) is 0 Å². The first-order valence-corrected chi connectivity index (χ1v) is 3.93. The van der Waals surface area contributed by atoms with E-state index >= 15 is 0 Å². The van der Waals surface area contributed by atoms with Gasteiger partial charge in [-0.1, -0.05) is 0 Å². The Morgan fingerprint density at radius 1 is 1.55 bits per heavy atom. The van der Waals surface area contributed by atoms with Crippen LogP contribution in [0.25, 0.3) is 0 Å². The van der Waals surface area contributed by atoms with Gasteiger partial charge < -0.3 is 16.2 Å². The van der Waals surface area contributed by atoms with Gasteiger partial charge in [-0.15, -0.1) is 0 Å². The van der Waals surface area contributed by atoms with Crippen LogP contribution >= 0.6 is 0 Å². The predicted molar refractivity (Wildman–Crippen MR) is 39.0 cm³/mol. The van der Waals surface area contributed by atoms with E-state index < -0.39 is 5.97 Å². The average Bonchev–Trinajstić information content (AvgIpc) is 1.83. The number of nitrogens with two attached hydrogens (primary N) is 1. The Balaban J connectivity index is 2.10. The molecule has 0 radical (unpaired) electrons. The fraction of sp³-hybridized carbons (Fsp3) is 0.857. The fourth-order valence-corrected chi connectivity index (χ4v) is 2.13. The van der Waals surface area contributed by atoms with Gasteiger partial charge in [-0.05, 0) is 12.8 Å². The number of piperidine rings is 1. The second-order valence-electron chi connectivity index (χ2n) is 3.47. The summed E-state index contributed by atoms with van der Waals surface area (Å²) in [5.74, 6) is -1.12. The van der Waals surface area contributed by atoms with Crippen molar-refractivity contribution in [3.63, 3.8) is 0 Å². The van der Waals surface area contributed by atoms with E-state index in [0.29, 0.717) is 6.04 Å². The van der Waals surface area contributed by atoms with Gasteiger partial charge >= 0.3 is 5.97 Å². The summed E-state index contributed by atoms with van der Waals surface area (Å²) in [7, 11) is 0. The van der Waals surface area contributed by atoms with Gasteiger partial charge in [-0.2, -0.15) is 0 Å². The zero-order valence-corrected chi connectivity index (χ0v) is 6.16. The molecular weight excluding hydrogens is 144 g/mol. The molecule has 62 valence electrons. The Bertz CT molecular complexity index is 187. The average molecular weight is 156 g/mol. The lowest BCUT2D eigenvalue weighted by molar-refractivity contribution is -0.147. The molecule has 0 aromatic rings. The van der Waals surface area contributed by atoms with Crippen LogP contribution in [0.2, 0.25) is 0 Å². The van der Waals surface area contributed by atoms with Gasteiger partial charge in [-0.25, -0.2) is 0 Å². The number of rotatable bonds is 1. The fourth-order valence-electron chi connectivity index (χ4n) is 2.13. The Morgan fingerprint density at radius 3 is 2.55 bits per heavy atom. The van der Waals surface area contributed by atoms with Gasteiger partial charge in [0.05, 0.1) is 5.92 Å². The summed E-state index contributed by atoms with van der Waals surface area (Å²) in [6.07, 6.45) is 1.80. The number of carbonyl (C=O) groups is 1. The summed E-state index contributed by atoms with van der Waals surface area (Å²) >= 11 is 0. The van der Waals surface area contributed by atoms with Gasteiger partial charge in [-0.3, -0.25) is 4.79 Å². The van der Waals surface area contributed by atoms with Gasteiger partial charge in [0.25, 0.3) is 0 Å². The number of nitrogens with one attached hydrogen (secondary N) is 1. The summed E-state index contributed by atoms with van der Waals surface area (Å²) in [5.41, 5.74) is 5.68. The highest BCUT2D eigenvalue weighted by atomic mass is 16.4. The van der Waals surface area contributed by atoms with Crippen LogP contribution in [0.4, 0.5) is 0 Å². The van der Waals surface area contributed by atoms with E-state index in [1.54, 1.807) is 0 Å². The minimum Gasteiger partial charge on any atom is -0.481 e. The number of aliphatic carboxylic acids is 1. The lowest BCUT2D eigenvalue weighted by Gasteiger charge is -2.49. The van der Waals surface area contributed by atoms with E-state index in [0.717, 1.165) is 12.8 Å².